The van der Waals surface area contributed by atoms with Crippen LogP contribution in [0, 0.1) is 6.92 Å². The fraction of sp³-hybridized carbons (Fsp3) is 0.0909. The van der Waals surface area contributed by atoms with Crippen LogP contribution in [0.15, 0.2) is 28.9 Å². The molecule has 0 aliphatic heterocycles. The Morgan fingerprint density at radius 3 is 2.88 bits per heavy atom. The van der Waals surface area contributed by atoms with Gasteiger partial charge in [-0.2, -0.15) is 4.98 Å². The van der Waals surface area contributed by atoms with Gasteiger partial charge in [-0.25, -0.2) is 4.98 Å². The molecule has 0 aliphatic carbocycles. The topological polar surface area (TPSA) is 63.8 Å². The number of nitrogens with one attached hydrogen (secondary N) is 1. The molecule has 88 valence electrons. The summed E-state index contributed by atoms with van der Waals surface area (Å²) in [7, 11) is 0. The maximum Gasteiger partial charge on any atom is 0.224 e. The minimum Gasteiger partial charge on any atom is -0.394 e. The predicted octanol–water partition coefficient (Wildman–Crippen LogP) is 3.53. The highest BCUT2D eigenvalue weighted by molar-refractivity contribution is 9.10. The molecule has 1 aromatic carbocycles. The molecule has 2 rings (SSSR count). The van der Waals surface area contributed by atoms with E-state index in [-0.39, 0.29) is 5.28 Å². The lowest BCUT2D eigenvalue weighted by atomic mass is 10.2. The van der Waals surface area contributed by atoms with Crippen molar-refractivity contribution in [3.63, 3.8) is 0 Å². The van der Waals surface area contributed by atoms with E-state index in [2.05, 4.69) is 31.2 Å². The molecule has 2 aromatic rings. The Morgan fingerprint density at radius 2 is 2.18 bits per heavy atom. The van der Waals surface area contributed by atoms with E-state index in [0.29, 0.717) is 11.5 Å². The average molecular weight is 314 g/mol. The van der Waals surface area contributed by atoms with Gasteiger partial charge in [0, 0.05) is 10.2 Å². The van der Waals surface area contributed by atoms with Crippen LogP contribution in [0.25, 0.3) is 0 Å². The van der Waals surface area contributed by atoms with Crippen LogP contribution in [0.2, 0.25) is 5.28 Å². The van der Waals surface area contributed by atoms with E-state index < -0.39 is 0 Å². The predicted molar refractivity (Wildman–Crippen MR) is 73.6 cm³/mol. The molecule has 0 saturated heterocycles. The molecule has 0 unspecified atom stereocenters. The zero-order valence-corrected chi connectivity index (χ0v) is 11.4. The van der Waals surface area contributed by atoms with Crippen molar-refractivity contribution in [2.45, 2.75) is 6.92 Å². The number of aromatic nitrogens is 2. The lowest BCUT2D eigenvalue weighted by molar-refractivity contribution is 1.17. The Kier molecular flexibility index (Phi) is 3.49. The zero-order chi connectivity index (χ0) is 12.4. The lowest BCUT2D eigenvalue weighted by Crippen LogP contribution is -2.01. The van der Waals surface area contributed by atoms with E-state index in [1.165, 1.54) is 6.20 Å². The van der Waals surface area contributed by atoms with E-state index in [9.17, 15) is 0 Å². The summed E-state index contributed by atoms with van der Waals surface area (Å²) in [6.07, 6.45) is 1.48. The van der Waals surface area contributed by atoms with Gasteiger partial charge in [0.05, 0.1) is 11.9 Å². The van der Waals surface area contributed by atoms with Crippen molar-refractivity contribution in [3.8, 4) is 0 Å². The summed E-state index contributed by atoms with van der Waals surface area (Å²) in [5, 5.41) is 3.29. The monoisotopic (exact) mass is 312 g/mol. The number of anilines is 3. The summed E-state index contributed by atoms with van der Waals surface area (Å²) in [6.45, 7) is 1.99. The summed E-state index contributed by atoms with van der Waals surface area (Å²) in [5.74, 6) is 0.510. The van der Waals surface area contributed by atoms with Crippen LogP contribution in [0.1, 0.15) is 5.56 Å². The second-order valence-electron chi connectivity index (χ2n) is 3.53. The van der Waals surface area contributed by atoms with Gasteiger partial charge in [-0.05, 0) is 42.3 Å². The van der Waals surface area contributed by atoms with Crippen LogP contribution in [0.5, 0.6) is 0 Å². The Balaban J connectivity index is 2.34. The number of nitrogens with zero attached hydrogens (tertiary/aromatic N) is 2. The Morgan fingerprint density at radius 1 is 1.41 bits per heavy atom. The second-order valence-corrected chi connectivity index (χ2v) is 4.78. The second kappa shape index (κ2) is 4.89. The quantitative estimate of drug-likeness (QED) is 0.833. The molecule has 0 fully saturated rings. The van der Waals surface area contributed by atoms with Gasteiger partial charge in [-0.1, -0.05) is 15.9 Å². The lowest BCUT2D eigenvalue weighted by Gasteiger charge is -2.10. The number of hydrogen-bond acceptors (Lipinski definition) is 4. The Labute approximate surface area is 112 Å². The molecule has 1 heterocycles. The highest BCUT2D eigenvalue weighted by Gasteiger charge is 2.05. The summed E-state index contributed by atoms with van der Waals surface area (Å²) < 4.78 is 1.02. The molecule has 6 heteroatoms. The first kappa shape index (κ1) is 12.1. The molecule has 1 aromatic heterocycles. The molecule has 17 heavy (non-hydrogen) atoms. The first-order chi connectivity index (χ1) is 8.06. The van der Waals surface area contributed by atoms with Crippen LogP contribution in [-0.2, 0) is 0 Å². The average Bonchev–Trinajstić information content (AvgIpc) is 2.27. The van der Waals surface area contributed by atoms with E-state index >= 15 is 0 Å². The molecule has 0 aliphatic rings. The fourth-order valence-electron chi connectivity index (χ4n) is 1.36. The summed E-state index contributed by atoms with van der Waals surface area (Å²) in [6, 6.07) is 5.88. The van der Waals surface area contributed by atoms with Crippen LogP contribution < -0.4 is 11.1 Å². The van der Waals surface area contributed by atoms with Gasteiger partial charge in [-0.3, -0.25) is 0 Å². The first-order valence-corrected chi connectivity index (χ1v) is 6.04. The third kappa shape index (κ3) is 2.87. The van der Waals surface area contributed by atoms with E-state index in [0.717, 1.165) is 15.7 Å². The molecule has 0 atom stereocenters. The SMILES string of the molecule is Cc1cc(Br)ccc1Nc1nc(Cl)ncc1N. The Hall–Kier alpha value is -1.33. The maximum atomic E-state index is 5.76. The molecule has 0 saturated carbocycles. The maximum absolute atomic E-state index is 5.76. The highest BCUT2D eigenvalue weighted by Crippen LogP contribution is 2.25. The zero-order valence-electron chi connectivity index (χ0n) is 9.04. The van der Waals surface area contributed by atoms with Crippen molar-refractivity contribution in [2.75, 3.05) is 11.1 Å². The molecular weight excluding hydrogens is 304 g/mol. The Bertz CT molecular complexity index is 559. The summed E-state index contributed by atoms with van der Waals surface area (Å²) >= 11 is 9.13. The molecule has 0 bridgehead atoms. The number of hydrogen-bond donors (Lipinski definition) is 2. The third-order valence-electron chi connectivity index (χ3n) is 2.23. The summed E-state index contributed by atoms with van der Waals surface area (Å²) in [5.41, 5.74) is 8.22. The van der Waals surface area contributed by atoms with Crippen molar-refractivity contribution in [3.05, 3.63) is 39.7 Å². The normalized spacial score (nSPS) is 10.3. The van der Waals surface area contributed by atoms with Crippen molar-refractivity contribution in [2.24, 2.45) is 0 Å². The minimum absolute atomic E-state index is 0.163. The van der Waals surface area contributed by atoms with E-state index in [1.807, 2.05) is 25.1 Å². The molecule has 0 radical (unpaired) electrons. The number of aryl methyl sites for hydroxylation is 1. The van der Waals surface area contributed by atoms with Crippen LogP contribution in [0.3, 0.4) is 0 Å². The van der Waals surface area contributed by atoms with Crippen LogP contribution in [-0.4, -0.2) is 9.97 Å². The van der Waals surface area contributed by atoms with Gasteiger partial charge < -0.3 is 11.1 Å². The van der Waals surface area contributed by atoms with Gasteiger partial charge in [0.25, 0.3) is 0 Å². The smallest absolute Gasteiger partial charge is 0.224 e. The van der Waals surface area contributed by atoms with E-state index in [1.54, 1.807) is 0 Å². The van der Waals surface area contributed by atoms with Crippen molar-refractivity contribution >= 4 is 44.7 Å². The third-order valence-corrected chi connectivity index (χ3v) is 2.90. The van der Waals surface area contributed by atoms with Crippen molar-refractivity contribution in [1.29, 1.82) is 0 Å². The molecular formula is C11H10BrClN4. The van der Waals surface area contributed by atoms with Gasteiger partial charge >= 0.3 is 0 Å². The van der Waals surface area contributed by atoms with Gasteiger partial charge in [0.2, 0.25) is 5.28 Å². The molecule has 0 amide bonds. The van der Waals surface area contributed by atoms with Crippen molar-refractivity contribution in [1.82, 2.24) is 9.97 Å². The van der Waals surface area contributed by atoms with Crippen molar-refractivity contribution < 1.29 is 0 Å². The largest absolute Gasteiger partial charge is 0.394 e. The van der Waals surface area contributed by atoms with Gasteiger partial charge in [0.15, 0.2) is 5.82 Å². The van der Waals surface area contributed by atoms with Crippen LogP contribution in [0.4, 0.5) is 17.2 Å². The number of rotatable bonds is 2. The first-order valence-electron chi connectivity index (χ1n) is 4.87. The molecule has 0 spiro atoms. The minimum atomic E-state index is 0.163. The standard InChI is InChI=1S/C11H10BrClN4/c1-6-4-7(12)2-3-9(6)16-10-8(14)5-15-11(13)17-10/h2-5H,14H2,1H3,(H,15,16,17). The highest BCUT2D eigenvalue weighted by atomic mass is 79.9. The van der Waals surface area contributed by atoms with Gasteiger partial charge in [-0.15, -0.1) is 0 Å². The number of nitrogens with two attached hydrogens (primary N) is 1. The van der Waals surface area contributed by atoms with E-state index in [4.69, 9.17) is 17.3 Å². The van der Waals surface area contributed by atoms with Gasteiger partial charge in [0.1, 0.15) is 0 Å². The summed E-state index contributed by atoms with van der Waals surface area (Å²) in [4.78, 5) is 7.84. The fourth-order valence-corrected chi connectivity index (χ4v) is 1.97. The number of benzene rings is 1. The molecule has 4 nitrogen and oxygen atoms in total. The number of halogens is 2. The molecule has 3 N–H and O–H groups in total. The van der Waals surface area contributed by atoms with Crippen LogP contribution >= 0.6 is 27.5 Å². The number of nitrogen functional groups attached to an aromatic ring is 1.